The van der Waals surface area contributed by atoms with Crippen LogP contribution in [0.4, 0.5) is 0 Å². The summed E-state index contributed by atoms with van der Waals surface area (Å²) in [6.45, 7) is 0. The maximum atomic E-state index is 12.4. The minimum absolute atomic E-state index is 0.103. The highest BCUT2D eigenvalue weighted by Crippen LogP contribution is 2.18. The summed E-state index contributed by atoms with van der Waals surface area (Å²) in [6.07, 6.45) is 1.57. The zero-order valence-corrected chi connectivity index (χ0v) is 16.0. The second kappa shape index (κ2) is 8.19. The van der Waals surface area contributed by atoms with Crippen molar-refractivity contribution in [3.8, 4) is 0 Å². The van der Waals surface area contributed by atoms with Crippen LogP contribution in [0.25, 0.3) is 0 Å². The van der Waals surface area contributed by atoms with Crippen molar-refractivity contribution >= 4 is 33.9 Å². The van der Waals surface area contributed by atoms with Crippen molar-refractivity contribution < 1.29 is 22.4 Å². The molecule has 0 radical (unpaired) electrons. The summed E-state index contributed by atoms with van der Waals surface area (Å²) in [5.41, 5.74) is 4.60. The molecular weight excluding hydrogens is 402 g/mol. The van der Waals surface area contributed by atoms with Gasteiger partial charge >= 0.3 is 5.91 Å². The monoisotopic (exact) mass is 417 g/mol. The number of carbonyl (C=O) groups excluding carboxylic acids is 2. The number of rotatable bonds is 5. The number of nitrogens with one attached hydrogen (secondary N) is 3. The molecule has 0 aliphatic heterocycles. The van der Waals surface area contributed by atoms with Gasteiger partial charge in [-0.2, -0.15) is 0 Å². The van der Waals surface area contributed by atoms with E-state index >= 15 is 0 Å². The molecule has 0 fully saturated rings. The van der Waals surface area contributed by atoms with Gasteiger partial charge in [-0.05, 0) is 36.4 Å². The number of aromatic nitrogens is 1. The highest BCUT2D eigenvalue weighted by molar-refractivity contribution is 7.90. The first-order chi connectivity index (χ1) is 13.4. The van der Waals surface area contributed by atoms with E-state index in [1.54, 1.807) is 30.5 Å². The predicted octanol–water partition coefficient (Wildman–Crippen LogP) is 2.39. The maximum Gasteiger partial charge on any atom is 0.305 e. The fourth-order valence-electron chi connectivity index (χ4n) is 2.32. The highest BCUT2D eigenvalue weighted by Gasteiger charge is 2.19. The van der Waals surface area contributed by atoms with Crippen molar-refractivity contribution in [2.45, 2.75) is 10.6 Å². The van der Waals surface area contributed by atoms with Crippen LogP contribution in [0, 0.1) is 4.64 Å². The van der Waals surface area contributed by atoms with Crippen molar-refractivity contribution in [1.29, 1.82) is 0 Å². The van der Waals surface area contributed by atoms with Gasteiger partial charge in [0.15, 0.2) is 15.6 Å². The van der Waals surface area contributed by atoms with E-state index in [0.717, 1.165) is 0 Å². The third kappa shape index (κ3) is 4.53. The number of hydrogen-bond acceptors (Lipinski definition) is 6. The van der Waals surface area contributed by atoms with Gasteiger partial charge in [-0.15, -0.1) is 0 Å². The first-order valence-corrected chi connectivity index (χ1v) is 10.1. The first-order valence-electron chi connectivity index (χ1n) is 8.02. The number of sulfone groups is 1. The third-order valence-corrected chi connectivity index (χ3v) is 5.67. The summed E-state index contributed by atoms with van der Waals surface area (Å²) in [7, 11) is -3.60. The van der Waals surface area contributed by atoms with Crippen molar-refractivity contribution in [3.05, 3.63) is 82.5 Å². The van der Waals surface area contributed by atoms with Crippen LogP contribution in [0.2, 0.25) is 0 Å². The van der Waals surface area contributed by atoms with E-state index in [2.05, 4.69) is 15.8 Å². The van der Waals surface area contributed by atoms with Crippen LogP contribution in [0.3, 0.4) is 0 Å². The number of pyridine rings is 1. The van der Waals surface area contributed by atoms with Crippen LogP contribution >= 0.6 is 12.2 Å². The normalized spacial score (nSPS) is 11.0. The number of carbonyl (C=O) groups is 2. The lowest BCUT2D eigenvalue weighted by molar-refractivity contribution is 0.0829. The van der Waals surface area contributed by atoms with Gasteiger partial charge in [-0.3, -0.25) is 20.4 Å². The molecule has 28 heavy (non-hydrogen) atoms. The molecule has 3 N–H and O–H groups in total. The fraction of sp³-hybridized carbons (Fsp3) is 0.0556. The fourth-order valence-corrected chi connectivity index (χ4v) is 3.82. The molecule has 0 aliphatic carbocycles. The van der Waals surface area contributed by atoms with Crippen molar-refractivity contribution in [2.24, 2.45) is 0 Å². The highest BCUT2D eigenvalue weighted by atomic mass is 32.2. The number of furan rings is 1. The molecule has 2 aromatic heterocycles. The van der Waals surface area contributed by atoms with E-state index in [1.165, 1.54) is 30.3 Å². The molecular formula is C18H15N3O5S2. The number of amides is 2. The lowest BCUT2D eigenvalue weighted by Crippen LogP contribution is -2.41. The molecule has 0 unspecified atom stereocenters. The molecule has 1 aromatic carbocycles. The number of H-pyrrole nitrogens is 1. The zero-order valence-electron chi connectivity index (χ0n) is 14.3. The lowest BCUT2D eigenvalue weighted by Gasteiger charge is -2.06. The average molecular weight is 417 g/mol. The molecule has 2 amide bonds. The molecule has 144 valence electrons. The molecule has 8 nitrogen and oxygen atoms in total. The second-order valence-electron chi connectivity index (χ2n) is 5.66. The van der Waals surface area contributed by atoms with Gasteiger partial charge in [0.05, 0.1) is 10.5 Å². The Morgan fingerprint density at radius 1 is 0.964 bits per heavy atom. The Labute approximate surface area is 165 Å². The summed E-state index contributed by atoms with van der Waals surface area (Å²) in [5, 5.41) is 0. The van der Waals surface area contributed by atoms with Crippen LogP contribution in [-0.4, -0.2) is 25.2 Å². The summed E-state index contributed by atoms with van der Waals surface area (Å²) in [5.74, 6) is -1.77. The van der Waals surface area contributed by atoms with E-state index in [1.807, 2.05) is 0 Å². The zero-order chi connectivity index (χ0) is 20.1. The molecule has 0 spiro atoms. The van der Waals surface area contributed by atoms with Crippen LogP contribution in [-0.2, 0) is 15.6 Å². The molecule has 0 saturated carbocycles. The van der Waals surface area contributed by atoms with Crippen molar-refractivity contribution in [2.75, 3.05) is 0 Å². The molecule has 0 bridgehead atoms. The summed E-state index contributed by atoms with van der Waals surface area (Å²) in [6, 6.07) is 13.7. The quantitative estimate of drug-likeness (QED) is 0.433. The first kappa shape index (κ1) is 19.5. The number of aromatic amines is 1. The third-order valence-electron chi connectivity index (χ3n) is 3.67. The van der Waals surface area contributed by atoms with Gasteiger partial charge in [0, 0.05) is 6.20 Å². The van der Waals surface area contributed by atoms with Crippen LogP contribution in [0.5, 0.6) is 0 Å². The van der Waals surface area contributed by atoms with Crippen LogP contribution in [0.15, 0.2) is 70.1 Å². The van der Waals surface area contributed by atoms with Crippen LogP contribution < -0.4 is 10.9 Å². The Morgan fingerprint density at radius 2 is 1.68 bits per heavy atom. The number of benzene rings is 1. The van der Waals surface area contributed by atoms with Crippen molar-refractivity contribution in [3.63, 3.8) is 0 Å². The topological polar surface area (TPSA) is 121 Å². The molecule has 0 aliphatic rings. The van der Waals surface area contributed by atoms with Crippen LogP contribution in [0.1, 0.15) is 26.7 Å². The van der Waals surface area contributed by atoms with Gasteiger partial charge < -0.3 is 9.40 Å². The van der Waals surface area contributed by atoms with Gasteiger partial charge in [0.2, 0.25) is 0 Å². The molecule has 3 rings (SSSR count). The standard InChI is InChI=1S/C18H15N3O5S2/c22-16(14-7-4-10-19-18(14)27)20-21-17(23)15-9-8-12(26-15)11-28(24,25)13-5-2-1-3-6-13/h1-10H,11H2,(H,19,27)(H,20,22)(H,21,23). The minimum Gasteiger partial charge on any atom is -0.455 e. The molecule has 0 atom stereocenters. The van der Waals surface area contributed by atoms with E-state index in [-0.39, 0.29) is 26.6 Å². The molecule has 2 heterocycles. The molecule has 10 heteroatoms. The Bertz CT molecular complexity index is 1170. The summed E-state index contributed by atoms with van der Waals surface area (Å²) >= 11 is 4.99. The average Bonchev–Trinajstić information content (AvgIpc) is 3.15. The van der Waals surface area contributed by atoms with E-state index in [9.17, 15) is 18.0 Å². The lowest BCUT2D eigenvalue weighted by atomic mass is 10.3. The minimum atomic E-state index is -3.60. The van der Waals surface area contributed by atoms with E-state index in [0.29, 0.717) is 0 Å². The number of hydrogen-bond donors (Lipinski definition) is 3. The predicted molar refractivity (Wildman–Crippen MR) is 103 cm³/mol. The maximum absolute atomic E-state index is 12.4. The molecule has 0 saturated heterocycles. The van der Waals surface area contributed by atoms with Gasteiger partial charge in [0.1, 0.15) is 16.2 Å². The van der Waals surface area contributed by atoms with E-state index < -0.39 is 27.4 Å². The Hall–Kier alpha value is -3.24. The second-order valence-corrected chi connectivity index (χ2v) is 8.06. The van der Waals surface area contributed by atoms with Gasteiger partial charge in [-0.25, -0.2) is 8.42 Å². The number of hydrazine groups is 1. The SMILES string of the molecule is O=C(NNC(=O)c1ccc[nH]c1=S)c1ccc(CS(=O)(=O)c2ccccc2)o1. The Balaban J connectivity index is 1.64. The van der Waals surface area contributed by atoms with E-state index in [4.69, 9.17) is 16.6 Å². The van der Waals surface area contributed by atoms with Gasteiger partial charge in [0.25, 0.3) is 5.91 Å². The smallest absolute Gasteiger partial charge is 0.305 e. The Morgan fingerprint density at radius 3 is 2.39 bits per heavy atom. The summed E-state index contributed by atoms with van der Waals surface area (Å²) in [4.78, 5) is 27.0. The Kier molecular flexibility index (Phi) is 5.71. The van der Waals surface area contributed by atoms with Crippen molar-refractivity contribution in [1.82, 2.24) is 15.8 Å². The summed E-state index contributed by atoms with van der Waals surface area (Å²) < 4.78 is 30.2. The largest absolute Gasteiger partial charge is 0.455 e. The molecule has 3 aromatic rings. The van der Waals surface area contributed by atoms with Gasteiger partial charge in [-0.1, -0.05) is 30.4 Å².